The Labute approximate surface area is 157 Å². The van der Waals surface area contributed by atoms with Crippen molar-refractivity contribution < 1.29 is 4.79 Å². The van der Waals surface area contributed by atoms with E-state index in [4.69, 9.17) is 23.2 Å². The molecule has 0 atom stereocenters. The zero-order chi connectivity index (χ0) is 16.4. The fourth-order valence-corrected chi connectivity index (χ4v) is 4.26. The molecule has 0 bridgehead atoms. The molecule has 0 heterocycles. The lowest BCUT2D eigenvalue weighted by Gasteiger charge is -2.14. The first-order valence-corrected chi connectivity index (χ1v) is 9.64. The summed E-state index contributed by atoms with van der Waals surface area (Å²) in [7, 11) is 0. The first-order chi connectivity index (χ1) is 10.4. The largest absolute Gasteiger partial charge is 0.289 e. The zero-order valence-corrected chi connectivity index (χ0v) is 16.8. The zero-order valence-electron chi connectivity index (χ0n) is 12.1. The maximum Gasteiger partial charge on any atom is 0.193 e. The average Bonchev–Trinajstić information content (AvgIpc) is 2.51. The summed E-state index contributed by atoms with van der Waals surface area (Å²) in [5, 5.41) is 2.30. The number of benzene rings is 2. The van der Waals surface area contributed by atoms with Crippen molar-refractivity contribution in [2.75, 3.05) is 0 Å². The molecule has 0 aliphatic carbocycles. The fourth-order valence-electron chi connectivity index (χ4n) is 2.31. The van der Waals surface area contributed by atoms with Crippen molar-refractivity contribution in [2.24, 2.45) is 0 Å². The van der Waals surface area contributed by atoms with Crippen LogP contribution in [0.25, 0.3) is 0 Å². The molecule has 22 heavy (non-hydrogen) atoms. The average molecular weight is 465 g/mol. The lowest BCUT2D eigenvalue weighted by Crippen LogP contribution is -2.09. The Bertz CT molecular complexity index is 680. The molecule has 0 N–H and O–H groups in total. The highest BCUT2D eigenvalue weighted by molar-refractivity contribution is 9.08. The Morgan fingerprint density at radius 1 is 0.864 bits per heavy atom. The molecule has 5 heteroatoms. The van der Waals surface area contributed by atoms with Crippen molar-refractivity contribution in [3.8, 4) is 0 Å². The quantitative estimate of drug-likeness (QED) is 0.366. The normalized spacial score (nSPS) is 10.8. The Hall–Kier alpha value is -0.350. The number of carbonyl (C=O) groups excluding carboxylic acids is 1. The van der Waals surface area contributed by atoms with Crippen molar-refractivity contribution in [1.29, 1.82) is 0 Å². The van der Waals surface area contributed by atoms with Gasteiger partial charge in [0.1, 0.15) is 0 Å². The summed E-state index contributed by atoms with van der Waals surface area (Å²) in [5.41, 5.74) is 4.74. The molecule has 0 unspecified atom stereocenters. The van der Waals surface area contributed by atoms with Gasteiger partial charge in [0, 0.05) is 31.8 Å². The lowest BCUT2D eigenvalue weighted by atomic mass is 9.94. The molecule has 0 amide bonds. The van der Waals surface area contributed by atoms with Gasteiger partial charge in [-0.2, -0.15) is 0 Å². The van der Waals surface area contributed by atoms with Gasteiger partial charge in [-0.15, -0.1) is 0 Å². The van der Waals surface area contributed by atoms with E-state index in [0.717, 1.165) is 22.3 Å². The van der Waals surface area contributed by atoms with E-state index in [0.29, 0.717) is 31.8 Å². The van der Waals surface area contributed by atoms with Gasteiger partial charge in [-0.1, -0.05) is 79.3 Å². The Morgan fingerprint density at radius 3 is 1.55 bits per heavy atom. The van der Waals surface area contributed by atoms with Crippen LogP contribution in [-0.4, -0.2) is 5.78 Å². The maximum atomic E-state index is 13.0. The molecule has 0 radical (unpaired) electrons. The first kappa shape index (κ1) is 18.0. The number of rotatable bonds is 4. The van der Waals surface area contributed by atoms with Crippen LogP contribution in [0.15, 0.2) is 24.3 Å². The fraction of sp³-hybridized carbons (Fsp3) is 0.235. The smallest absolute Gasteiger partial charge is 0.193 e. The molecule has 0 fully saturated rings. The van der Waals surface area contributed by atoms with E-state index < -0.39 is 0 Å². The number of alkyl halides is 2. The summed E-state index contributed by atoms with van der Waals surface area (Å²) in [6.07, 6.45) is 0. The molecule has 0 saturated carbocycles. The van der Waals surface area contributed by atoms with Crippen LogP contribution >= 0.6 is 55.1 Å². The molecular formula is C17H14Br2Cl2O. The standard InChI is InChI=1S/C17H14Br2Cl2O/c1-9-3-5-11(13(7-18)15(9)20)17(22)12-6-4-10(2)16(21)14(12)8-19/h3-6H,7-8H2,1-2H3. The van der Waals surface area contributed by atoms with Crippen LogP contribution in [0.5, 0.6) is 0 Å². The van der Waals surface area contributed by atoms with Crippen LogP contribution in [0.1, 0.15) is 38.2 Å². The van der Waals surface area contributed by atoms with Gasteiger partial charge in [0.15, 0.2) is 5.78 Å². The van der Waals surface area contributed by atoms with Crippen LogP contribution in [-0.2, 0) is 10.7 Å². The predicted octanol–water partition coefficient (Wildman–Crippen LogP) is 6.63. The van der Waals surface area contributed by atoms with E-state index >= 15 is 0 Å². The van der Waals surface area contributed by atoms with Crippen LogP contribution in [0, 0.1) is 13.8 Å². The molecule has 2 rings (SSSR count). The molecule has 1 nitrogen and oxygen atoms in total. The summed E-state index contributed by atoms with van der Waals surface area (Å²) in [5.74, 6) is -0.0623. The van der Waals surface area contributed by atoms with Gasteiger partial charge >= 0.3 is 0 Å². The monoisotopic (exact) mass is 462 g/mol. The Morgan fingerprint density at radius 2 is 1.23 bits per heavy atom. The minimum Gasteiger partial charge on any atom is -0.289 e. The molecule has 0 spiro atoms. The number of carbonyl (C=O) groups is 1. The number of ketones is 1. The van der Waals surface area contributed by atoms with E-state index in [1.165, 1.54) is 0 Å². The maximum absolute atomic E-state index is 13.0. The summed E-state index contributed by atoms with van der Waals surface area (Å²) >= 11 is 19.5. The van der Waals surface area contributed by atoms with E-state index in [1.54, 1.807) is 0 Å². The second-order valence-corrected chi connectivity index (χ2v) is 6.92. The van der Waals surface area contributed by atoms with Gasteiger partial charge in [-0.05, 0) is 36.1 Å². The van der Waals surface area contributed by atoms with Gasteiger partial charge < -0.3 is 0 Å². The molecule has 116 valence electrons. The van der Waals surface area contributed by atoms with Crippen molar-refractivity contribution in [3.05, 3.63) is 67.7 Å². The van der Waals surface area contributed by atoms with Crippen LogP contribution in [0.4, 0.5) is 0 Å². The highest BCUT2D eigenvalue weighted by Gasteiger charge is 2.20. The summed E-state index contributed by atoms with van der Waals surface area (Å²) in [6.45, 7) is 3.85. The van der Waals surface area contributed by atoms with Crippen LogP contribution in [0.2, 0.25) is 10.0 Å². The Balaban J connectivity index is 2.64. The second kappa shape index (κ2) is 7.48. The van der Waals surface area contributed by atoms with Gasteiger partial charge in [-0.25, -0.2) is 0 Å². The topological polar surface area (TPSA) is 17.1 Å². The summed E-state index contributed by atoms with van der Waals surface area (Å²) in [4.78, 5) is 13.0. The highest BCUT2D eigenvalue weighted by atomic mass is 79.9. The molecule has 2 aromatic carbocycles. The lowest BCUT2D eigenvalue weighted by molar-refractivity contribution is 0.103. The summed E-state index contributed by atoms with van der Waals surface area (Å²) in [6, 6.07) is 7.38. The molecular weight excluding hydrogens is 451 g/mol. The second-order valence-electron chi connectivity index (χ2n) is 5.04. The van der Waals surface area contributed by atoms with Crippen molar-refractivity contribution >= 4 is 60.8 Å². The van der Waals surface area contributed by atoms with Crippen LogP contribution in [0.3, 0.4) is 0 Å². The number of halogens is 4. The van der Waals surface area contributed by atoms with E-state index in [2.05, 4.69) is 31.9 Å². The molecule has 2 aromatic rings. The third-order valence-corrected chi connectivity index (χ3v) is 5.80. The SMILES string of the molecule is Cc1ccc(C(=O)c2ccc(C)c(Cl)c2CBr)c(CBr)c1Cl. The molecule has 0 aliphatic heterocycles. The van der Waals surface area contributed by atoms with E-state index in [9.17, 15) is 4.79 Å². The molecule has 0 aliphatic rings. The number of hydrogen-bond acceptors (Lipinski definition) is 1. The van der Waals surface area contributed by atoms with E-state index in [-0.39, 0.29) is 5.78 Å². The van der Waals surface area contributed by atoms with Crippen molar-refractivity contribution in [3.63, 3.8) is 0 Å². The van der Waals surface area contributed by atoms with Gasteiger partial charge in [0.25, 0.3) is 0 Å². The third-order valence-electron chi connectivity index (χ3n) is 3.63. The molecule has 0 aromatic heterocycles. The van der Waals surface area contributed by atoms with Gasteiger partial charge in [0.05, 0.1) is 0 Å². The highest BCUT2D eigenvalue weighted by Crippen LogP contribution is 2.32. The molecule has 0 saturated heterocycles. The van der Waals surface area contributed by atoms with E-state index in [1.807, 2.05) is 38.1 Å². The number of hydrogen-bond donors (Lipinski definition) is 0. The predicted molar refractivity (Wildman–Crippen MR) is 101 cm³/mol. The number of aryl methyl sites for hydroxylation is 2. The minimum absolute atomic E-state index is 0.0623. The van der Waals surface area contributed by atoms with Crippen LogP contribution < -0.4 is 0 Å². The Kier molecular flexibility index (Phi) is 6.12. The first-order valence-electron chi connectivity index (χ1n) is 6.65. The van der Waals surface area contributed by atoms with Crippen molar-refractivity contribution in [2.45, 2.75) is 24.5 Å². The minimum atomic E-state index is -0.0623. The van der Waals surface area contributed by atoms with Gasteiger partial charge in [-0.3, -0.25) is 4.79 Å². The third kappa shape index (κ3) is 3.28. The van der Waals surface area contributed by atoms with Crippen molar-refractivity contribution in [1.82, 2.24) is 0 Å². The summed E-state index contributed by atoms with van der Waals surface area (Å²) < 4.78 is 0. The van der Waals surface area contributed by atoms with Gasteiger partial charge in [0.2, 0.25) is 0 Å².